The van der Waals surface area contributed by atoms with Gasteiger partial charge in [-0.3, -0.25) is 4.79 Å². The van der Waals surface area contributed by atoms with Gasteiger partial charge in [-0.1, -0.05) is 29.8 Å². The summed E-state index contributed by atoms with van der Waals surface area (Å²) < 4.78 is 5.65. The molecule has 2 aromatic carbocycles. The summed E-state index contributed by atoms with van der Waals surface area (Å²) in [5.41, 5.74) is 2.88. The van der Waals surface area contributed by atoms with Crippen molar-refractivity contribution in [2.75, 3.05) is 29.9 Å². The Morgan fingerprint density at radius 1 is 1.21 bits per heavy atom. The molecule has 5 nitrogen and oxygen atoms in total. The van der Waals surface area contributed by atoms with E-state index in [1.54, 1.807) is 0 Å². The number of benzene rings is 2. The van der Waals surface area contributed by atoms with Crippen molar-refractivity contribution in [3.63, 3.8) is 0 Å². The van der Waals surface area contributed by atoms with E-state index in [0.29, 0.717) is 19.5 Å². The summed E-state index contributed by atoms with van der Waals surface area (Å²) in [6.45, 7) is 3.22. The average Bonchev–Trinajstić information content (AvgIpc) is 2.73. The fourth-order valence-electron chi connectivity index (χ4n) is 2.75. The number of aliphatic hydroxyl groups excluding tert-OH is 1. The number of fused-ring (bicyclic) bond motifs is 1. The molecule has 126 valence electrons. The van der Waals surface area contributed by atoms with Gasteiger partial charge in [0.15, 0.2) is 0 Å². The van der Waals surface area contributed by atoms with Gasteiger partial charge in [-0.05, 0) is 31.2 Å². The fraction of sp³-hybridized carbons (Fsp3) is 0.316. The summed E-state index contributed by atoms with van der Waals surface area (Å²) in [4.78, 5) is 13.8. The van der Waals surface area contributed by atoms with E-state index >= 15 is 0 Å². The highest BCUT2D eigenvalue weighted by molar-refractivity contribution is 5.96. The molecule has 0 spiro atoms. The van der Waals surface area contributed by atoms with Gasteiger partial charge in [-0.2, -0.15) is 0 Å². The van der Waals surface area contributed by atoms with Gasteiger partial charge < -0.3 is 20.1 Å². The molecule has 0 saturated carbocycles. The molecule has 0 bridgehead atoms. The number of β-amino-alcohol motifs (C(OH)–C–C–N with tert-alkyl or cyclic N) is 1. The molecular weight excluding hydrogens is 304 g/mol. The molecule has 24 heavy (non-hydrogen) atoms. The van der Waals surface area contributed by atoms with Crippen LogP contribution >= 0.6 is 0 Å². The van der Waals surface area contributed by atoms with E-state index in [1.165, 1.54) is 5.56 Å². The molecular formula is C19H22N2O3. The summed E-state index contributed by atoms with van der Waals surface area (Å²) in [6.07, 6.45) is -0.243. The zero-order valence-electron chi connectivity index (χ0n) is 13.7. The largest absolute Gasteiger partial charge is 0.491 e. The van der Waals surface area contributed by atoms with Gasteiger partial charge in [0.2, 0.25) is 5.91 Å². The number of aliphatic hydroxyl groups is 1. The lowest BCUT2D eigenvalue weighted by atomic mass is 10.2. The number of aryl methyl sites for hydroxylation is 1. The first-order valence-corrected chi connectivity index (χ1v) is 8.13. The van der Waals surface area contributed by atoms with Crippen molar-refractivity contribution >= 4 is 17.3 Å². The smallest absolute Gasteiger partial charge is 0.226 e. The predicted molar refractivity (Wildman–Crippen MR) is 94.6 cm³/mol. The second-order valence-electron chi connectivity index (χ2n) is 6.04. The fourth-order valence-corrected chi connectivity index (χ4v) is 2.75. The number of rotatable bonds is 5. The molecule has 1 heterocycles. The normalized spacial score (nSPS) is 15.2. The van der Waals surface area contributed by atoms with E-state index in [4.69, 9.17) is 4.74 Å². The monoisotopic (exact) mass is 326 g/mol. The van der Waals surface area contributed by atoms with Crippen LogP contribution in [0, 0.1) is 6.92 Å². The first-order chi connectivity index (χ1) is 11.6. The molecule has 0 fully saturated rings. The quantitative estimate of drug-likeness (QED) is 0.886. The number of carbonyl (C=O) groups excluding carboxylic acids is 1. The zero-order valence-corrected chi connectivity index (χ0v) is 13.7. The summed E-state index contributed by atoms with van der Waals surface area (Å²) in [5, 5.41) is 13.2. The number of amides is 1. The Morgan fingerprint density at radius 3 is 2.75 bits per heavy atom. The van der Waals surface area contributed by atoms with Crippen molar-refractivity contribution in [3.8, 4) is 5.75 Å². The molecule has 1 unspecified atom stereocenters. The number of anilines is 2. The van der Waals surface area contributed by atoms with Crippen LogP contribution in [0.15, 0.2) is 48.5 Å². The first-order valence-electron chi connectivity index (χ1n) is 8.13. The average molecular weight is 326 g/mol. The predicted octanol–water partition coefficient (Wildman–Crippen LogP) is 2.58. The van der Waals surface area contributed by atoms with Crippen LogP contribution in [0.1, 0.15) is 12.0 Å². The standard InChI is InChI=1S/C19H22N2O3/c1-14-6-8-16(9-7-14)24-13-15(22)12-21-11-10-19(23)20-17-4-2-3-5-18(17)21/h2-9,15,22H,10-13H2,1H3,(H,20,23). The van der Waals surface area contributed by atoms with Crippen LogP contribution in [-0.2, 0) is 4.79 Å². The molecule has 3 rings (SSSR count). The Kier molecular flexibility index (Phi) is 5.01. The summed E-state index contributed by atoms with van der Waals surface area (Å²) in [6, 6.07) is 15.4. The van der Waals surface area contributed by atoms with E-state index in [0.717, 1.165) is 17.1 Å². The summed E-state index contributed by atoms with van der Waals surface area (Å²) >= 11 is 0. The van der Waals surface area contributed by atoms with Gasteiger partial charge in [0.25, 0.3) is 0 Å². The van der Waals surface area contributed by atoms with E-state index in [9.17, 15) is 9.90 Å². The second kappa shape index (κ2) is 7.36. The Hall–Kier alpha value is -2.53. The highest BCUT2D eigenvalue weighted by Crippen LogP contribution is 2.28. The van der Waals surface area contributed by atoms with E-state index in [1.807, 2.05) is 60.4 Å². The van der Waals surface area contributed by atoms with Crippen LogP contribution < -0.4 is 15.0 Å². The van der Waals surface area contributed by atoms with E-state index < -0.39 is 6.10 Å². The van der Waals surface area contributed by atoms with E-state index in [2.05, 4.69) is 5.32 Å². The Balaban J connectivity index is 1.62. The molecule has 1 atom stereocenters. The molecule has 0 radical (unpaired) electrons. The molecule has 0 saturated heterocycles. The van der Waals surface area contributed by atoms with Crippen LogP contribution in [0.3, 0.4) is 0 Å². The Bertz CT molecular complexity index is 700. The van der Waals surface area contributed by atoms with Gasteiger partial charge in [0.05, 0.1) is 11.4 Å². The number of nitrogens with one attached hydrogen (secondary N) is 1. The van der Waals surface area contributed by atoms with Gasteiger partial charge in [0, 0.05) is 19.5 Å². The highest BCUT2D eigenvalue weighted by Gasteiger charge is 2.21. The van der Waals surface area contributed by atoms with Crippen LogP contribution in [0.4, 0.5) is 11.4 Å². The Labute approximate surface area is 141 Å². The molecule has 2 N–H and O–H groups in total. The number of nitrogens with zero attached hydrogens (tertiary/aromatic N) is 1. The maximum atomic E-state index is 11.8. The summed E-state index contributed by atoms with van der Waals surface area (Å²) in [5.74, 6) is 0.739. The maximum absolute atomic E-state index is 11.8. The Morgan fingerprint density at radius 2 is 1.96 bits per heavy atom. The van der Waals surface area contributed by atoms with Crippen molar-refractivity contribution in [2.24, 2.45) is 0 Å². The van der Waals surface area contributed by atoms with Crippen molar-refractivity contribution in [2.45, 2.75) is 19.4 Å². The third-order valence-corrected chi connectivity index (χ3v) is 4.02. The number of carbonyl (C=O) groups is 1. The molecule has 1 aliphatic heterocycles. The van der Waals surface area contributed by atoms with Gasteiger partial charge in [-0.25, -0.2) is 0 Å². The molecule has 1 amide bonds. The molecule has 0 aromatic heterocycles. The second-order valence-corrected chi connectivity index (χ2v) is 6.04. The SMILES string of the molecule is Cc1ccc(OCC(O)CN2CCC(=O)Nc3ccccc32)cc1. The van der Waals surface area contributed by atoms with Crippen LogP contribution in [0.5, 0.6) is 5.75 Å². The lowest BCUT2D eigenvalue weighted by molar-refractivity contribution is -0.116. The lowest BCUT2D eigenvalue weighted by Gasteiger charge is -2.26. The van der Waals surface area contributed by atoms with Gasteiger partial charge in [0.1, 0.15) is 18.5 Å². The third kappa shape index (κ3) is 4.06. The minimum Gasteiger partial charge on any atom is -0.491 e. The lowest BCUT2D eigenvalue weighted by Crippen LogP contribution is -2.36. The van der Waals surface area contributed by atoms with Crippen LogP contribution in [-0.4, -0.2) is 36.8 Å². The molecule has 1 aliphatic rings. The van der Waals surface area contributed by atoms with Crippen molar-refractivity contribution < 1.29 is 14.6 Å². The minimum atomic E-state index is -0.646. The van der Waals surface area contributed by atoms with Crippen LogP contribution in [0.2, 0.25) is 0 Å². The zero-order chi connectivity index (χ0) is 16.9. The first kappa shape index (κ1) is 16.3. The maximum Gasteiger partial charge on any atom is 0.226 e. The number of hydrogen-bond acceptors (Lipinski definition) is 4. The van der Waals surface area contributed by atoms with Crippen molar-refractivity contribution in [1.82, 2.24) is 0 Å². The molecule has 0 aliphatic carbocycles. The third-order valence-electron chi connectivity index (χ3n) is 4.02. The van der Waals surface area contributed by atoms with Crippen molar-refractivity contribution in [3.05, 3.63) is 54.1 Å². The van der Waals surface area contributed by atoms with Crippen molar-refractivity contribution in [1.29, 1.82) is 0 Å². The highest BCUT2D eigenvalue weighted by atomic mass is 16.5. The summed E-state index contributed by atoms with van der Waals surface area (Å²) in [7, 11) is 0. The van der Waals surface area contributed by atoms with E-state index in [-0.39, 0.29) is 12.5 Å². The number of ether oxygens (including phenoxy) is 1. The minimum absolute atomic E-state index is 0.00431. The number of hydrogen-bond donors (Lipinski definition) is 2. The van der Waals surface area contributed by atoms with Gasteiger partial charge >= 0.3 is 0 Å². The number of para-hydroxylation sites is 2. The molecule has 2 aromatic rings. The topological polar surface area (TPSA) is 61.8 Å². The van der Waals surface area contributed by atoms with Crippen LogP contribution in [0.25, 0.3) is 0 Å². The molecule has 5 heteroatoms. The van der Waals surface area contributed by atoms with Gasteiger partial charge in [-0.15, -0.1) is 0 Å².